The molecular formula is C25H23N3O4. The maximum absolute atomic E-state index is 12.8. The Morgan fingerprint density at radius 2 is 1.53 bits per heavy atom. The molecule has 1 aromatic heterocycles. The summed E-state index contributed by atoms with van der Waals surface area (Å²) in [7, 11) is 1.60. The first-order chi connectivity index (χ1) is 15.6. The van der Waals surface area contributed by atoms with Crippen LogP contribution >= 0.6 is 0 Å². The SMILES string of the molecule is COc1ccc([C@H](NC(=O)CCn2[nH]c(=O)c3ccccc3c2=O)c2ccccc2)cc1. The van der Waals surface area contributed by atoms with Crippen LogP contribution in [0, 0.1) is 0 Å². The summed E-state index contributed by atoms with van der Waals surface area (Å²) in [5.74, 6) is 0.488. The number of ether oxygens (including phenoxy) is 1. The number of amides is 1. The number of aromatic nitrogens is 2. The lowest BCUT2D eigenvalue weighted by Gasteiger charge is -2.20. The van der Waals surface area contributed by atoms with Gasteiger partial charge in [0.15, 0.2) is 0 Å². The minimum absolute atomic E-state index is 0.0354. The first-order valence-electron chi connectivity index (χ1n) is 10.3. The molecule has 1 atom stereocenters. The van der Waals surface area contributed by atoms with Gasteiger partial charge in [-0.15, -0.1) is 0 Å². The minimum Gasteiger partial charge on any atom is -0.497 e. The first kappa shape index (κ1) is 21.1. The zero-order valence-electron chi connectivity index (χ0n) is 17.6. The van der Waals surface area contributed by atoms with Crippen molar-refractivity contribution in [3.05, 3.63) is 111 Å². The number of hydrogen-bond donors (Lipinski definition) is 2. The van der Waals surface area contributed by atoms with Gasteiger partial charge in [0, 0.05) is 6.42 Å². The summed E-state index contributed by atoms with van der Waals surface area (Å²) in [6.07, 6.45) is 0.0354. The van der Waals surface area contributed by atoms with Crippen molar-refractivity contribution in [1.82, 2.24) is 15.1 Å². The smallest absolute Gasteiger partial charge is 0.273 e. The lowest BCUT2D eigenvalue weighted by molar-refractivity contribution is -0.121. The second kappa shape index (κ2) is 9.34. The molecule has 0 saturated carbocycles. The van der Waals surface area contributed by atoms with Crippen LogP contribution in [0.25, 0.3) is 10.8 Å². The van der Waals surface area contributed by atoms with E-state index in [1.54, 1.807) is 31.4 Å². The second-order valence-corrected chi connectivity index (χ2v) is 7.38. The monoisotopic (exact) mass is 429 g/mol. The van der Waals surface area contributed by atoms with Gasteiger partial charge >= 0.3 is 0 Å². The molecule has 1 heterocycles. The number of nitrogens with zero attached hydrogens (tertiary/aromatic N) is 1. The van der Waals surface area contributed by atoms with Crippen molar-refractivity contribution in [3.8, 4) is 5.75 Å². The highest BCUT2D eigenvalue weighted by Gasteiger charge is 2.17. The summed E-state index contributed by atoms with van der Waals surface area (Å²) < 4.78 is 6.42. The fourth-order valence-electron chi connectivity index (χ4n) is 3.65. The highest BCUT2D eigenvalue weighted by Crippen LogP contribution is 2.24. The molecule has 0 radical (unpaired) electrons. The lowest BCUT2D eigenvalue weighted by Crippen LogP contribution is -2.34. The standard InChI is InChI=1S/C25H23N3O4/c1-32-19-13-11-18(12-14-19)23(17-7-3-2-4-8-17)26-22(29)15-16-28-25(31)21-10-6-5-9-20(21)24(30)27-28/h2-14,23H,15-16H2,1H3,(H,26,29)(H,27,30)/t23-/m1/s1. The Kier molecular flexibility index (Phi) is 6.17. The summed E-state index contributed by atoms with van der Waals surface area (Å²) >= 11 is 0. The number of benzene rings is 3. The van der Waals surface area contributed by atoms with Crippen LogP contribution in [-0.2, 0) is 11.3 Å². The summed E-state index contributed by atoms with van der Waals surface area (Å²) in [4.78, 5) is 37.8. The number of carbonyl (C=O) groups is 1. The number of methoxy groups -OCH3 is 1. The number of aromatic amines is 1. The van der Waals surface area contributed by atoms with E-state index in [1.807, 2.05) is 54.6 Å². The number of aryl methyl sites for hydroxylation is 1. The molecule has 0 fully saturated rings. The molecule has 2 N–H and O–H groups in total. The Morgan fingerprint density at radius 1 is 0.906 bits per heavy atom. The van der Waals surface area contributed by atoms with E-state index in [0.717, 1.165) is 16.9 Å². The third kappa shape index (κ3) is 4.46. The van der Waals surface area contributed by atoms with Crippen LogP contribution in [0.4, 0.5) is 0 Å². The lowest BCUT2D eigenvalue weighted by atomic mass is 9.98. The van der Waals surface area contributed by atoms with Crippen molar-refractivity contribution < 1.29 is 9.53 Å². The minimum atomic E-state index is -0.360. The van der Waals surface area contributed by atoms with E-state index in [-0.39, 0.29) is 36.0 Å². The molecule has 162 valence electrons. The molecule has 4 aromatic rings. The molecule has 7 nitrogen and oxygen atoms in total. The number of carbonyl (C=O) groups excluding carboxylic acids is 1. The second-order valence-electron chi connectivity index (χ2n) is 7.38. The van der Waals surface area contributed by atoms with Crippen molar-refractivity contribution >= 4 is 16.7 Å². The summed E-state index contributed by atoms with van der Waals surface area (Å²) in [6.45, 7) is 0.0643. The van der Waals surface area contributed by atoms with Gasteiger partial charge in [-0.3, -0.25) is 19.5 Å². The van der Waals surface area contributed by atoms with Crippen LogP contribution in [0.15, 0.2) is 88.5 Å². The maximum Gasteiger partial charge on any atom is 0.273 e. The quantitative estimate of drug-likeness (QED) is 0.472. The van der Waals surface area contributed by atoms with Crippen LogP contribution in [0.2, 0.25) is 0 Å². The summed E-state index contributed by atoms with van der Waals surface area (Å²) in [5, 5.41) is 6.27. The average molecular weight is 429 g/mol. The van der Waals surface area contributed by atoms with Crippen LogP contribution in [0.3, 0.4) is 0 Å². The van der Waals surface area contributed by atoms with E-state index >= 15 is 0 Å². The van der Waals surface area contributed by atoms with Gasteiger partial charge in [-0.05, 0) is 35.4 Å². The van der Waals surface area contributed by atoms with E-state index in [1.165, 1.54) is 4.68 Å². The summed E-state index contributed by atoms with van der Waals surface area (Å²) in [6, 6.07) is 23.4. The summed E-state index contributed by atoms with van der Waals surface area (Å²) in [5.41, 5.74) is 1.15. The molecular weight excluding hydrogens is 406 g/mol. The van der Waals surface area contributed by atoms with Crippen molar-refractivity contribution in [2.24, 2.45) is 0 Å². The topological polar surface area (TPSA) is 93.2 Å². The molecule has 0 aliphatic rings. The Bertz CT molecular complexity index is 1340. The Balaban J connectivity index is 1.54. The normalized spacial score (nSPS) is 11.8. The number of hydrogen-bond acceptors (Lipinski definition) is 4. The molecule has 4 rings (SSSR count). The van der Waals surface area contributed by atoms with E-state index < -0.39 is 0 Å². The van der Waals surface area contributed by atoms with Crippen molar-refractivity contribution in [3.63, 3.8) is 0 Å². The molecule has 0 aliphatic carbocycles. The highest BCUT2D eigenvalue weighted by atomic mass is 16.5. The molecule has 3 aromatic carbocycles. The van der Waals surface area contributed by atoms with E-state index in [4.69, 9.17) is 4.74 Å². The molecule has 32 heavy (non-hydrogen) atoms. The molecule has 0 unspecified atom stereocenters. The predicted molar refractivity (Wildman–Crippen MR) is 123 cm³/mol. The largest absolute Gasteiger partial charge is 0.497 e. The zero-order chi connectivity index (χ0) is 22.5. The van der Waals surface area contributed by atoms with Gasteiger partial charge in [-0.1, -0.05) is 54.6 Å². The number of H-pyrrole nitrogens is 1. The molecule has 0 spiro atoms. The molecule has 0 saturated heterocycles. The van der Waals surface area contributed by atoms with E-state index in [2.05, 4.69) is 10.4 Å². The fraction of sp³-hybridized carbons (Fsp3) is 0.160. The Hall–Kier alpha value is -4.13. The third-order valence-electron chi connectivity index (χ3n) is 5.33. The predicted octanol–water partition coefficient (Wildman–Crippen LogP) is 2.99. The van der Waals surface area contributed by atoms with Crippen LogP contribution in [-0.4, -0.2) is 22.8 Å². The Morgan fingerprint density at radius 3 is 2.22 bits per heavy atom. The molecule has 7 heteroatoms. The van der Waals surface area contributed by atoms with Crippen molar-refractivity contribution in [2.75, 3.05) is 7.11 Å². The Labute approximate surface area is 184 Å². The number of rotatable bonds is 7. The van der Waals surface area contributed by atoms with Crippen molar-refractivity contribution in [2.45, 2.75) is 19.0 Å². The van der Waals surface area contributed by atoms with Crippen LogP contribution in [0.1, 0.15) is 23.6 Å². The third-order valence-corrected chi connectivity index (χ3v) is 5.33. The van der Waals surface area contributed by atoms with E-state index in [9.17, 15) is 14.4 Å². The van der Waals surface area contributed by atoms with Gasteiger partial charge in [-0.25, -0.2) is 4.68 Å². The zero-order valence-corrected chi connectivity index (χ0v) is 17.6. The fourth-order valence-corrected chi connectivity index (χ4v) is 3.65. The van der Waals surface area contributed by atoms with Gasteiger partial charge in [0.05, 0.1) is 30.5 Å². The molecule has 0 bridgehead atoms. The van der Waals surface area contributed by atoms with Gasteiger partial charge in [0.2, 0.25) is 5.91 Å². The van der Waals surface area contributed by atoms with E-state index in [0.29, 0.717) is 10.8 Å². The average Bonchev–Trinajstić information content (AvgIpc) is 2.84. The van der Waals surface area contributed by atoms with Crippen LogP contribution < -0.4 is 21.2 Å². The number of fused-ring (bicyclic) bond motifs is 1. The number of nitrogens with one attached hydrogen (secondary N) is 2. The highest BCUT2D eigenvalue weighted by molar-refractivity contribution is 5.80. The molecule has 0 aliphatic heterocycles. The van der Waals surface area contributed by atoms with Gasteiger partial charge in [-0.2, -0.15) is 0 Å². The van der Waals surface area contributed by atoms with Crippen molar-refractivity contribution in [1.29, 1.82) is 0 Å². The van der Waals surface area contributed by atoms with Gasteiger partial charge < -0.3 is 10.1 Å². The van der Waals surface area contributed by atoms with Gasteiger partial charge in [0.1, 0.15) is 5.75 Å². The first-order valence-corrected chi connectivity index (χ1v) is 10.3. The van der Waals surface area contributed by atoms with Crippen LogP contribution in [0.5, 0.6) is 5.75 Å². The maximum atomic E-state index is 12.8. The molecule has 1 amide bonds. The van der Waals surface area contributed by atoms with Gasteiger partial charge in [0.25, 0.3) is 11.1 Å².